The van der Waals surface area contributed by atoms with Crippen LogP contribution in [-0.2, 0) is 6.54 Å². The first-order valence-electron chi connectivity index (χ1n) is 9.01. The summed E-state index contributed by atoms with van der Waals surface area (Å²) in [6.07, 6.45) is 1.59. The smallest absolute Gasteiger partial charge is 0.270 e. The maximum absolute atomic E-state index is 12.7. The van der Waals surface area contributed by atoms with Crippen molar-refractivity contribution in [3.63, 3.8) is 0 Å². The summed E-state index contributed by atoms with van der Waals surface area (Å²) in [5.41, 5.74) is 1.58. The fourth-order valence-corrected chi connectivity index (χ4v) is 3.12. The first kappa shape index (κ1) is 18.7. The molecule has 0 bridgehead atoms. The van der Waals surface area contributed by atoms with Gasteiger partial charge in [0, 0.05) is 37.8 Å². The van der Waals surface area contributed by atoms with Crippen LogP contribution in [0, 0.1) is 6.92 Å². The molecule has 0 radical (unpaired) electrons. The number of carbonyl (C=O) groups is 2. The van der Waals surface area contributed by atoms with Crippen molar-refractivity contribution in [3.05, 3.63) is 63.6 Å². The van der Waals surface area contributed by atoms with Crippen molar-refractivity contribution in [3.8, 4) is 5.75 Å². The number of fused-ring (bicyclic) bond motifs is 1. The number of rotatable bonds is 6. The Balaban J connectivity index is 1.62. The SMILES string of the molecule is CCOc1cn2c(cc1=O)C(=O)N(CCNC(=O)c1ccccc1C)CC2. The Morgan fingerprint density at radius 2 is 2.00 bits per heavy atom. The van der Waals surface area contributed by atoms with Crippen LogP contribution in [0.5, 0.6) is 5.75 Å². The second-order valence-corrected chi connectivity index (χ2v) is 6.38. The molecule has 142 valence electrons. The molecule has 0 saturated carbocycles. The van der Waals surface area contributed by atoms with Crippen molar-refractivity contribution in [2.45, 2.75) is 20.4 Å². The molecule has 0 saturated heterocycles. The molecule has 0 atom stereocenters. The summed E-state index contributed by atoms with van der Waals surface area (Å²) in [6, 6.07) is 8.69. The highest BCUT2D eigenvalue weighted by Crippen LogP contribution is 2.14. The number of aryl methyl sites for hydroxylation is 1. The number of pyridine rings is 1. The highest BCUT2D eigenvalue weighted by atomic mass is 16.5. The Hall–Kier alpha value is -3.09. The zero-order valence-electron chi connectivity index (χ0n) is 15.5. The van der Waals surface area contributed by atoms with Crippen molar-refractivity contribution in [1.29, 1.82) is 0 Å². The van der Waals surface area contributed by atoms with Crippen LogP contribution in [-0.4, -0.2) is 47.5 Å². The largest absolute Gasteiger partial charge is 0.488 e. The van der Waals surface area contributed by atoms with E-state index < -0.39 is 0 Å². The number of aromatic nitrogens is 1. The van der Waals surface area contributed by atoms with Crippen LogP contribution in [0.4, 0.5) is 0 Å². The van der Waals surface area contributed by atoms with E-state index in [2.05, 4.69) is 5.32 Å². The van der Waals surface area contributed by atoms with Crippen LogP contribution in [0.25, 0.3) is 0 Å². The molecular formula is C20H23N3O4. The predicted molar refractivity (Wildman–Crippen MR) is 101 cm³/mol. The second-order valence-electron chi connectivity index (χ2n) is 6.38. The molecular weight excluding hydrogens is 346 g/mol. The number of carbonyl (C=O) groups excluding carboxylic acids is 2. The van der Waals surface area contributed by atoms with Gasteiger partial charge in [0.15, 0.2) is 5.75 Å². The second kappa shape index (κ2) is 8.07. The van der Waals surface area contributed by atoms with Crippen LogP contribution < -0.4 is 15.5 Å². The van der Waals surface area contributed by atoms with Gasteiger partial charge in [0.05, 0.1) is 12.8 Å². The molecule has 2 heterocycles. The van der Waals surface area contributed by atoms with Crippen LogP contribution in [0.15, 0.2) is 41.3 Å². The third kappa shape index (κ3) is 4.02. The van der Waals surface area contributed by atoms with Gasteiger partial charge in [-0.25, -0.2) is 0 Å². The number of hydrogen-bond acceptors (Lipinski definition) is 4. The van der Waals surface area contributed by atoms with Crippen LogP contribution >= 0.6 is 0 Å². The molecule has 7 nitrogen and oxygen atoms in total. The van der Waals surface area contributed by atoms with Gasteiger partial charge >= 0.3 is 0 Å². The Bertz CT molecular complexity index is 920. The monoisotopic (exact) mass is 369 g/mol. The minimum Gasteiger partial charge on any atom is -0.488 e. The van der Waals surface area contributed by atoms with E-state index in [9.17, 15) is 14.4 Å². The van der Waals surface area contributed by atoms with Crippen molar-refractivity contribution < 1.29 is 14.3 Å². The molecule has 0 unspecified atom stereocenters. The number of nitrogens with one attached hydrogen (secondary N) is 1. The van der Waals surface area contributed by atoms with Crippen LogP contribution in [0.1, 0.15) is 33.3 Å². The third-order valence-electron chi connectivity index (χ3n) is 4.57. The van der Waals surface area contributed by atoms with E-state index in [4.69, 9.17) is 4.74 Å². The van der Waals surface area contributed by atoms with Crippen molar-refractivity contribution in [1.82, 2.24) is 14.8 Å². The summed E-state index contributed by atoms with van der Waals surface area (Å²) in [4.78, 5) is 38.6. The normalized spacial score (nSPS) is 13.3. The van der Waals surface area contributed by atoms with Gasteiger partial charge in [0.25, 0.3) is 11.8 Å². The lowest BCUT2D eigenvalue weighted by molar-refractivity contribution is 0.0696. The van der Waals surface area contributed by atoms with E-state index in [-0.39, 0.29) is 23.0 Å². The van der Waals surface area contributed by atoms with Gasteiger partial charge in [-0.2, -0.15) is 0 Å². The number of benzene rings is 1. The van der Waals surface area contributed by atoms with E-state index in [1.54, 1.807) is 21.7 Å². The average Bonchev–Trinajstić information content (AvgIpc) is 2.65. The minimum atomic E-state index is -0.300. The molecule has 0 aliphatic carbocycles. The van der Waals surface area contributed by atoms with E-state index in [0.29, 0.717) is 44.0 Å². The van der Waals surface area contributed by atoms with Crippen molar-refractivity contribution in [2.75, 3.05) is 26.2 Å². The molecule has 27 heavy (non-hydrogen) atoms. The maximum atomic E-state index is 12.7. The number of amides is 2. The molecule has 1 aliphatic heterocycles. The van der Waals surface area contributed by atoms with Gasteiger partial charge in [0.2, 0.25) is 5.43 Å². The average molecular weight is 369 g/mol. The van der Waals surface area contributed by atoms with Gasteiger partial charge in [-0.05, 0) is 25.5 Å². The summed E-state index contributed by atoms with van der Waals surface area (Å²) in [7, 11) is 0. The highest BCUT2D eigenvalue weighted by molar-refractivity contribution is 5.96. The van der Waals surface area contributed by atoms with Crippen molar-refractivity contribution in [2.24, 2.45) is 0 Å². The zero-order valence-corrected chi connectivity index (χ0v) is 15.5. The maximum Gasteiger partial charge on any atom is 0.270 e. The van der Waals surface area contributed by atoms with Gasteiger partial charge < -0.3 is 19.5 Å². The molecule has 7 heteroatoms. The predicted octanol–water partition coefficient (Wildman–Crippen LogP) is 1.44. The first-order chi connectivity index (χ1) is 13.0. The molecule has 2 aromatic rings. The lowest BCUT2D eigenvalue weighted by Gasteiger charge is -2.30. The van der Waals surface area contributed by atoms with Gasteiger partial charge in [-0.1, -0.05) is 18.2 Å². The summed E-state index contributed by atoms with van der Waals surface area (Å²) >= 11 is 0. The Labute approximate surface area is 157 Å². The Kier molecular flexibility index (Phi) is 5.59. The quantitative estimate of drug-likeness (QED) is 0.836. The number of ether oxygens (including phenoxy) is 1. The van der Waals surface area contributed by atoms with E-state index in [0.717, 1.165) is 5.56 Å². The van der Waals surface area contributed by atoms with Crippen LogP contribution in [0.2, 0.25) is 0 Å². The van der Waals surface area contributed by atoms with Gasteiger partial charge in [-0.3, -0.25) is 14.4 Å². The van der Waals surface area contributed by atoms with Gasteiger partial charge in [-0.15, -0.1) is 0 Å². The Morgan fingerprint density at radius 1 is 1.22 bits per heavy atom. The molecule has 1 aromatic carbocycles. The zero-order chi connectivity index (χ0) is 19.4. The summed E-state index contributed by atoms with van der Waals surface area (Å²) in [5.74, 6) is -0.116. The summed E-state index contributed by atoms with van der Waals surface area (Å²) in [5, 5.41) is 2.85. The first-order valence-corrected chi connectivity index (χ1v) is 9.01. The summed E-state index contributed by atoms with van der Waals surface area (Å²) < 4.78 is 7.05. The minimum absolute atomic E-state index is 0.157. The topological polar surface area (TPSA) is 80.6 Å². The molecule has 0 spiro atoms. The fourth-order valence-electron chi connectivity index (χ4n) is 3.12. The molecule has 1 aromatic heterocycles. The lowest BCUT2D eigenvalue weighted by Crippen LogP contribution is -2.45. The molecule has 2 amide bonds. The molecule has 1 N–H and O–H groups in total. The van der Waals surface area contributed by atoms with E-state index in [1.165, 1.54) is 6.07 Å². The summed E-state index contributed by atoms with van der Waals surface area (Å²) in [6.45, 7) is 5.91. The Morgan fingerprint density at radius 3 is 2.74 bits per heavy atom. The van der Waals surface area contributed by atoms with Crippen molar-refractivity contribution >= 4 is 11.8 Å². The highest BCUT2D eigenvalue weighted by Gasteiger charge is 2.25. The standard InChI is InChI=1S/C20H23N3O4/c1-3-27-18-13-23-11-10-22(20(26)16(23)12-17(18)24)9-8-21-19(25)15-7-5-4-6-14(15)2/h4-7,12-13H,3,8-11H2,1-2H3,(H,21,25). The fraction of sp³-hybridized carbons (Fsp3) is 0.350. The lowest BCUT2D eigenvalue weighted by atomic mass is 10.1. The molecule has 0 fully saturated rings. The van der Waals surface area contributed by atoms with Gasteiger partial charge in [0.1, 0.15) is 5.69 Å². The van der Waals surface area contributed by atoms with E-state index >= 15 is 0 Å². The number of hydrogen-bond donors (Lipinski definition) is 1. The molecule has 1 aliphatic rings. The number of nitrogens with zero attached hydrogens (tertiary/aromatic N) is 2. The molecule has 3 rings (SSSR count). The van der Waals surface area contributed by atoms with Crippen LogP contribution in [0.3, 0.4) is 0 Å². The van der Waals surface area contributed by atoms with E-state index in [1.807, 2.05) is 32.0 Å². The third-order valence-corrected chi connectivity index (χ3v) is 4.57.